The second kappa shape index (κ2) is 7.16. The van der Waals surface area contributed by atoms with Crippen LogP contribution in [-0.2, 0) is 10.2 Å². The van der Waals surface area contributed by atoms with E-state index in [4.69, 9.17) is 0 Å². The second-order valence-electron chi connectivity index (χ2n) is 7.07. The number of nitrogens with one attached hydrogen (secondary N) is 2. The highest BCUT2D eigenvalue weighted by Gasteiger charge is 2.21. The summed E-state index contributed by atoms with van der Waals surface area (Å²) in [6.45, 7) is 7.83. The van der Waals surface area contributed by atoms with Crippen molar-refractivity contribution >= 4 is 45.6 Å². The molecule has 0 bridgehead atoms. The second-order valence-corrected chi connectivity index (χ2v) is 8.10. The van der Waals surface area contributed by atoms with E-state index in [1.165, 1.54) is 12.8 Å². The minimum Gasteiger partial charge on any atom is -0.325 e. The highest BCUT2D eigenvalue weighted by atomic mass is 35.5. The van der Waals surface area contributed by atoms with Gasteiger partial charge in [0.25, 0.3) is 0 Å². The lowest BCUT2D eigenvalue weighted by Gasteiger charge is -2.13. The van der Waals surface area contributed by atoms with E-state index in [0.717, 1.165) is 33.4 Å². The summed E-state index contributed by atoms with van der Waals surface area (Å²) < 4.78 is 1.12. The average Bonchev–Trinajstić information content (AvgIpc) is 3.14. The summed E-state index contributed by atoms with van der Waals surface area (Å²) in [5.41, 5.74) is 1.90. The van der Waals surface area contributed by atoms with Crippen molar-refractivity contribution in [3.8, 4) is 0 Å². The first-order valence-corrected chi connectivity index (χ1v) is 8.65. The van der Waals surface area contributed by atoms with Crippen LogP contribution in [0.5, 0.6) is 0 Å². The molecular formula is C17H24ClN3OS. The molecule has 1 aliphatic carbocycles. The molecule has 0 aliphatic heterocycles. The smallest absolute Gasteiger partial charge is 0.238 e. The standard InChI is InChI=1S/C17H23N3OS.ClH/c1-17(2,3)16-20-13-7-6-12(8-14(13)22-16)19-15(21)10-18-9-11-4-5-11;/h6-8,11,18H,4-5,9-10H2,1-3H3,(H,19,21);1H. The number of hydrogen-bond acceptors (Lipinski definition) is 4. The van der Waals surface area contributed by atoms with Gasteiger partial charge in [-0.3, -0.25) is 4.79 Å². The van der Waals surface area contributed by atoms with Crippen molar-refractivity contribution in [1.82, 2.24) is 10.3 Å². The molecule has 0 radical (unpaired) electrons. The van der Waals surface area contributed by atoms with Gasteiger partial charge in [-0.15, -0.1) is 23.7 Å². The Bertz CT molecular complexity index is 689. The number of halogens is 1. The van der Waals surface area contributed by atoms with Gasteiger partial charge >= 0.3 is 0 Å². The summed E-state index contributed by atoms with van der Waals surface area (Å²) in [5, 5.41) is 7.28. The van der Waals surface area contributed by atoms with Crippen LogP contribution in [-0.4, -0.2) is 24.0 Å². The summed E-state index contributed by atoms with van der Waals surface area (Å²) in [5.74, 6) is 0.803. The van der Waals surface area contributed by atoms with Gasteiger partial charge in [0, 0.05) is 11.1 Å². The number of hydrogen-bond donors (Lipinski definition) is 2. The number of benzene rings is 1. The average molecular weight is 354 g/mol. The van der Waals surface area contributed by atoms with Crippen molar-refractivity contribution in [2.75, 3.05) is 18.4 Å². The van der Waals surface area contributed by atoms with Crippen LogP contribution >= 0.6 is 23.7 Å². The zero-order chi connectivity index (χ0) is 15.7. The Morgan fingerprint density at radius 2 is 2.09 bits per heavy atom. The van der Waals surface area contributed by atoms with Crippen LogP contribution in [0.25, 0.3) is 10.2 Å². The summed E-state index contributed by atoms with van der Waals surface area (Å²) >= 11 is 1.70. The van der Waals surface area contributed by atoms with E-state index < -0.39 is 0 Å². The van der Waals surface area contributed by atoms with Gasteiger partial charge < -0.3 is 10.6 Å². The van der Waals surface area contributed by atoms with Crippen molar-refractivity contribution in [3.63, 3.8) is 0 Å². The Morgan fingerprint density at radius 3 is 2.74 bits per heavy atom. The lowest BCUT2D eigenvalue weighted by molar-refractivity contribution is -0.115. The Balaban J connectivity index is 0.00000192. The van der Waals surface area contributed by atoms with Gasteiger partial charge in [-0.1, -0.05) is 20.8 Å². The number of aromatic nitrogens is 1. The number of amides is 1. The van der Waals surface area contributed by atoms with Crippen LogP contribution in [0.4, 0.5) is 5.69 Å². The lowest BCUT2D eigenvalue weighted by Crippen LogP contribution is -2.29. The van der Waals surface area contributed by atoms with Gasteiger partial charge in [-0.05, 0) is 43.5 Å². The molecule has 4 nitrogen and oxygen atoms in total. The molecule has 1 aromatic carbocycles. The van der Waals surface area contributed by atoms with E-state index in [9.17, 15) is 4.79 Å². The lowest BCUT2D eigenvalue weighted by atomic mass is 9.98. The highest BCUT2D eigenvalue weighted by molar-refractivity contribution is 7.18. The largest absolute Gasteiger partial charge is 0.325 e. The maximum Gasteiger partial charge on any atom is 0.238 e. The molecule has 0 saturated heterocycles. The third-order valence-electron chi connectivity index (χ3n) is 3.73. The molecule has 1 aliphatic rings. The van der Waals surface area contributed by atoms with Gasteiger partial charge in [0.15, 0.2) is 0 Å². The van der Waals surface area contributed by atoms with E-state index in [1.54, 1.807) is 11.3 Å². The first-order valence-electron chi connectivity index (χ1n) is 7.83. The molecule has 2 N–H and O–H groups in total. The summed E-state index contributed by atoms with van der Waals surface area (Å²) in [6.07, 6.45) is 2.60. The number of carbonyl (C=O) groups excluding carboxylic acids is 1. The quantitative estimate of drug-likeness (QED) is 0.855. The van der Waals surface area contributed by atoms with Crippen LogP contribution in [0.2, 0.25) is 0 Å². The number of thiazole rings is 1. The number of nitrogens with zero attached hydrogens (tertiary/aromatic N) is 1. The molecule has 6 heteroatoms. The minimum atomic E-state index is 0. The van der Waals surface area contributed by atoms with E-state index >= 15 is 0 Å². The van der Waals surface area contributed by atoms with Gasteiger partial charge in [-0.2, -0.15) is 0 Å². The number of rotatable bonds is 5. The number of anilines is 1. The molecule has 1 saturated carbocycles. The first-order chi connectivity index (χ1) is 10.4. The molecule has 1 fully saturated rings. The summed E-state index contributed by atoms with van der Waals surface area (Å²) in [4.78, 5) is 16.6. The number of carbonyl (C=O) groups is 1. The van der Waals surface area contributed by atoms with E-state index in [1.807, 2.05) is 18.2 Å². The van der Waals surface area contributed by atoms with Gasteiger partial charge in [0.05, 0.1) is 21.8 Å². The fourth-order valence-corrected chi connectivity index (χ4v) is 3.30. The Labute approximate surface area is 147 Å². The molecule has 2 aromatic rings. The Hall–Kier alpha value is -1.17. The molecule has 1 heterocycles. The van der Waals surface area contributed by atoms with Crippen molar-refractivity contribution < 1.29 is 4.79 Å². The monoisotopic (exact) mass is 353 g/mol. The Morgan fingerprint density at radius 1 is 1.35 bits per heavy atom. The highest BCUT2D eigenvalue weighted by Crippen LogP contribution is 2.32. The third-order valence-corrected chi connectivity index (χ3v) is 5.17. The van der Waals surface area contributed by atoms with Crippen molar-refractivity contribution in [3.05, 3.63) is 23.2 Å². The molecule has 23 heavy (non-hydrogen) atoms. The molecule has 3 rings (SSSR count). The fraction of sp³-hybridized carbons (Fsp3) is 0.529. The van der Waals surface area contributed by atoms with Crippen LogP contribution in [0.1, 0.15) is 38.6 Å². The molecule has 1 aromatic heterocycles. The predicted octanol–water partition coefficient (Wildman–Crippen LogP) is 3.95. The zero-order valence-corrected chi connectivity index (χ0v) is 15.4. The van der Waals surface area contributed by atoms with Crippen LogP contribution in [0, 0.1) is 5.92 Å². The Kier molecular flexibility index (Phi) is 5.65. The SMILES string of the molecule is CC(C)(C)c1nc2ccc(NC(=O)CNCC3CC3)cc2s1.Cl. The molecular weight excluding hydrogens is 330 g/mol. The van der Waals surface area contributed by atoms with E-state index in [-0.39, 0.29) is 23.7 Å². The maximum absolute atomic E-state index is 11.9. The third kappa shape index (κ3) is 4.90. The van der Waals surface area contributed by atoms with Gasteiger partial charge in [0.2, 0.25) is 5.91 Å². The number of fused-ring (bicyclic) bond motifs is 1. The van der Waals surface area contributed by atoms with Crippen LogP contribution in [0.15, 0.2) is 18.2 Å². The van der Waals surface area contributed by atoms with Crippen LogP contribution in [0.3, 0.4) is 0 Å². The first kappa shape index (κ1) is 18.2. The molecule has 0 unspecified atom stereocenters. The maximum atomic E-state index is 11.9. The normalized spacial score (nSPS) is 14.6. The topological polar surface area (TPSA) is 54.0 Å². The van der Waals surface area contributed by atoms with Gasteiger partial charge in [-0.25, -0.2) is 4.98 Å². The predicted molar refractivity (Wildman–Crippen MR) is 99.8 cm³/mol. The van der Waals surface area contributed by atoms with Crippen molar-refractivity contribution in [2.24, 2.45) is 5.92 Å². The van der Waals surface area contributed by atoms with Crippen molar-refractivity contribution in [2.45, 2.75) is 39.0 Å². The van der Waals surface area contributed by atoms with Crippen molar-refractivity contribution in [1.29, 1.82) is 0 Å². The molecule has 1 amide bonds. The van der Waals surface area contributed by atoms with Crippen LogP contribution < -0.4 is 10.6 Å². The zero-order valence-electron chi connectivity index (χ0n) is 13.8. The molecule has 126 valence electrons. The summed E-state index contributed by atoms with van der Waals surface area (Å²) in [6, 6.07) is 5.92. The molecule has 0 spiro atoms. The molecule has 0 atom stereocenters. The summed E-state index contributed by atoms with van der Waals surface area (Å²) in [7, 11) is 0. The van der Waals surface area contributed by atoms with E-state index in [0.29, 0.717) is 6.54 Å². The van der Waals surface area contributed by atoms with E-state index in [2.05, 4.69) is 36.4 Å². The van der Waals surface area contributed by atoms with Gasteiger partial charge in [0.1, 0.15) is 0 Å². The minimum absolute atomic E-state index is 0. The fourth-order valence-electron chi connectivity index (χ4n) is 2.24.